The molecule has 27 heavy (non-hydrogen) atoms. The lowest BCUT2D eigenvalue weighted by atomic mass is 9.83. The maximum atomic E-state index is 12.0. The minimum atomic E-state index is -0.818. The molecule has 1 aromatic carbocycles. The standard InChI is InChI=1S/C19H22N2O5S/c20-13-19(6-2-1-3-7-19)21-17(22)11-26-18(23)12-27-14-4-5-15-16(10-14)25-9-8-24-15/h4-5,10H,1-3,6-9,11-12H2,(H,21,22). The van der Waals surface area contributed by atoms with Crippen LogP contribution in [0.3, 0.4) is 0 Å². The highest BCUT2D eigenvalue weighted by molar-refractivity contribution is 8.00. The van der Waals surface area contributed by atoms with Gasteiger partial charge in [0.2, 0.25) is 0 Å². The van der Waals surface area contributed by atoms with Crippen LogP contribution >= 0.6 is 11.8 Å². The molecule has 0 unspecified atom stereocenters. The van der Waals surface area contributed by atoms with E-state index in [9.17, 15) is 14.9 Å². The summed E-state index contributed by atoms with van der Waals surface area (Å²) in [5, 5.41) is 12.1. The summed E-state index contributed by atoms with van der Waals surface area (Å²) in [6.07, 6.45) is 4.19. The summed E-state index contributed by atoms with van der Waals surface area (Å²) in [6, 6.07) is 7.68. The van der Waals surface area contributed by atoms with E-state index in [1.807, 2.05) is 12.1 Å². The number of carbonyl (C=O) groups excluding carboxylic acids is 2. The Hall–Kier alpha value is -2.40. The van der Waals surface area contributed by atoms with Crippen LogP contribution < -0.4 is 14.8 Å². The molecule has 1 fully saturated rings. The van der Waals surface area contributed by atoms with Crippen molar-refractivity contribution >= 4 is 23.6 Å². The maximum Gasteiger partial charge on any atom is 0.316 e. The molecule has 1 aliphatic carbocycles. The number of esters is 1. The number of nitrogens with one attached hydrogen (secondary N) is 1. The zero-order chi connectivity index (χ0) is 19.1. The Bertz CT molecular complexity index is 740. The van der Waals surface area contributed by atoms with Crippen LogP contribution in [0.2, 0.25) is 0 Å². The van der Waals surface area contributed by atoms with Crippen molar-refractivity contribution in [3.8, 4) is 17.6 Å². The van der Waals surface area contributed by atoms with Crippen molar-refractivity contribution in [2.45, 2.75) is 42.5 Å². The topological polar surface area (TPSA) is 97.7 Å². The molecule has 0 bridgehead atoms. The van der Waals surface area contributed by atoms with Gasteiger partial charge in [-0.25, -0.2) is 0 Å². The molecule has 1 aromatic rings. The Morgan fingerprint density at radius 3 is 2.67 bits per heavy atom. The molecule has 2 aliphatic rings. The zero-order valence-corrected chi connectivity index (χ0v) is 15.8. The molecular weight excluding hydrogens is 368 g/mol. The summed E-state index contributed by atoms with van der Waals surface area (Å²) >= 11 is 1.30. The number of ether oxygens (including phenoxy) is 3. The summed E-state index contributed by atoms with van der Waals surface area (Å²) in [5.74, 6) is 0.513. The molecule has 144 valence electrons. The summed E-state index contributed by atoms with van der Waals surface area (Å²) in [6.45, 7) is 0.660. The van der Waals surface area contributed by atoms with E-state index in [4.69, 9.17) is 14.2 Å². The van der Waals surface area contributed by atoms with E-state index in [1.165, 1.54) is 11.8 Å². The largest absolute Gasteiger partial charge is 0.486 e. The summed E-state index contributed by atoms with van der Waals surface area (Å²) in [4.78, 5) is 24.8. The van der Waals surface area contributed by atoms with Crippen molar-refractivity contribution in [3.63, 3.8) is 0 Å². The second-order valence-electron chi connectivity index (χ2n) is 6.56. The molecule has 0 spiro atoms. The fraction of sp³-hybridized carbons (Fsp3) is 0.526. The first-order valence-electron chi connectivity index (χ1n) is 9.01. The van der Waals surface area contributed by atoms with Gasteiger partial charge in [-0.1, -0.05) is 19.3 Å². The van der Waals surface area contributed by atoms with Gasteiger partial charge in [0, 0.05) is 4.90 Å². The second-order valence-corrected chi connectivity index (χ2v) is 7.61. The summed E-state index contributed by atoms with van der Waals surface area (Å²) in [5.41, 5.74) is -0.818. The molecular formula is C19H22N2O5S. The highest BCUT2D eigenvalue weighted by atomic mass is 32.2. The highest BCUT2D eigenvalue weighted by Crippen LogP contribution is 2.34. The van der Waals surface area contributed by atoms with Gasteiger partial charge in [-0.15, -0.1) is 11.8 Å². The van der Waals surface area contributed by atoms with E-state index in [1.54, 1.807) is 6.07 Å². The molecule has 1 amide bonds. The first-order valence-corrected chi connectivity index (χ1v) is 9.99. The Kier molecular flexibility index (Phi) is 6.45. The molecule has 0 saturated heterocycles. The first kappa shape index (κ1) is 19.4. The summed E-state index contributed by atoms with van der Waals surface area (Å²) in [7, 11) is 0. The quantitative estimate of drug-likeness (QED) is 0.588. The van der Waals surface area contributed by atoms with Gasteiger partial charge in [-0.2, -0.15) is 5.26 Å². The molecule has 8 heteroatoms. The van der Waals surface area contributed by atoms with Crippen LogP contribution in [-0.2, 0) is 14.3 Å². The van der Waals surface area contributed by atoms with E-state index in [2.05, 4.69) is 11.4 Å². The van der Waals surface area contributed by atoms with Crippen LogP contribution in [0.25, 0.3) is 0 Å². The molecule has 1 heterocycles. The lowest BCUT2D eigenvalue weighted by molar-refractivity contribution is -0.146. The molecule has 7 nitrogen and oxygen atoms in total. The van der Waals surface area contributed by atoms with E-state index in [0.29, 0.717) is 37.6 Å². The van der Waals surface area contributed by atoms with Crippen molar-refractivity contribution in [2.75, 3.05) is 25.6 Å². The monoisotopic (exact) mass is 390 g/mol. The van der Waals surface area contributed by atoms with Crippen molar-refractivity contribution < 1.29 is 23.8 Å². The van der Waals surface area contributed by atoms with Gasteiger partial charge < -0.3 is 19.5 Å². The number of hydrogen-bond acceptors (Lipinski definition) is 7. The predicted molar refractivity (Wildman–Crippen MR) is 98.7 cm³/mol. The number of hydrogen-bond donors (Lipinski definition) is 1. The van der Waals surface area contributed by atoms with Gasteiger partial charge in [-0.05, 0) is 31.0 Å². The van der Waals surface area contributed by atoms with Crippen LogP contribution in [-0.4, -0.2) is 43.0 Å². The van der Waals surface area contributed by atoms with E-state index in [-0.39, 0.29) is 12.4 Å². The Balaban J connectivity index is 1.42. The Morgan fingerprint density at radius 1 is 1.19 bits per heavy atom. The zero-order valence-electron chi connectivity index (χ0n) is 15.0. The number of benzene rings is 1. The molecule has 0 atom stereocenters. The van der Waals surface area contributed by atoms with Gasteiger partial charge in [-0.3, -0.25) is 9.59 Å². The first-order chi connectivity index (χ1) is 13.1. The van der Waals surface area contributed by atoms with Gasteiger partial charge in [0.05, 0.1) is 11.8 Å². The second kappa shape index (κ2) is 9.00. The summed E-state index contributed by atoms with van der Waals surface area (Å²) < 4.78 is 16.0. The average Bonchev–Trinajstić information content (AvgIpc) is 2.71. The third kappa shape index (κ3) is 5.30. The van der Waals surface area contributed by atoms with E-state index >= 15 is 0 Å². The average molecular weight is 390 g/mol. The number of thioether (sulfide) groups is 1. The van der Waals surface area contributed by atoms with Crippen molar-refractivity contribution in [3.05, 3.63) is 18.2 Å². The number of carbonyl (C=O) groups is 2. The van der Waals surface area contributed by atoms with Crippen LogP contribution in [0.1, 0.15) is 32.1 Å². The minimum absolute atomic E-state index is 0.0797. The molecule has 1 N–H and O–H groups in total. The minimum Gasteiger partial charge on any atom is -0.486 e. The molecule has 0 radical (unpaired) electrons. The van der Waals surface area contributed by atoms with Crippen molar-refractivity contribution in [1.29, 1.82) is 5.26 Å². The van der Waals surface area contributed by atoms with Crippen LogP contribution in [0.5, 0.6) is 11.5 Å². The Labute approximate surface area is 162 Å². The highest BCUT2D eigenvalue weighted by Gasteiger charge is 2.33. The van der Waals surface area contributed by atoms with Gasteiger partial charge >= 0.3 is 5.97 Å². The Morgan fingerprint density at radius 2 is 1.93 bits per heavy atom. The fourth-order valence-corrected chi connectivity index (χ4v) is 3.89. The third-order valence-electron chi connectivity index (χ3n) is 4.53. The van der Waals surface area contributed by atoms with E-state index < -0.39 is 17.4 Å². The molecule has 3 rings (SSSR count). The number of amides is 1. The van der Waals surface area contributed by atoms with Gasteiger partial charge in [0.15, 0.2) is 18.1 Å². The molecule has 1 saturated carbocycles. The number of fused-ring (bicyclic) bond motifs is 1. The number of nitrogens with zero attached hydrogens (tertiary/aromatic N) is 1. The predicted octanol–water partition coefficient (Wildman–Crippen LogP) is 2.44. The van der Waals surface area contributed by atoms with Crippen LogP contribution in [0.15, 0.2) is 23.1 Å². The molecule has 1 aliphatic heterocycles. The lowest BCUT2D eigenvalue weighted by Crippen LogP contribution is -2.50. The smallest absolute Gasteiger partial charge is 0.316 e. The van der Waals surface area contributed by atoms with Crippen molar-refractivity contribution in [1.82, 2.24) is 5.32 Å². The molecule has 0 aromatic heterocycles. The SMILES string of the molecule is N#CC1(NC(=O)COC(=O)CSc2ccc3c(c2)OCCO3)CCCCC1. The van der Waals surface area contributed by atoms with Gasteiger partial charge in [0.1, 0.15) is 18.8 Å². The van der Waals surface area contributed by atoms with Crippen LogP contribution in [0, 0.1) is 11.3 Å². The third-order valence-corrected chi connectivity index (χ3v) is 5.50. The fourth-order valence-electron chi connectivity index (χ4n) is 3.17. The normalized spacial score (nSPS) is 17.4. The van der Waals surface area contributed by atoms with Gasteiger partial charge in [0.25, 0.3) is 5.91 Å². The number of nitriles is 1. The maximum absolute atomic E-state index is 12.0. The number of rotatable bonds is 6. The van der Waals surface area contributed by atoms with E-state index in [0.717, 1.165) is 24.2 Å². The van der Waals surface area contributed by atoms with Crippen LogP contribution in [0.4, 0.5) is 0 Å². The van der Waals surface area contributed by atoms with Crippen molar-refractivity contribution in [2.24, 2.45) is 0 Å². The lowest BCUT2D eigenvalue weighted by Gasteiger charge is -2.31.